The molecule has 0 fully saturated rings. The molecular formula is C17H15F2N5. The van der Waals surface area contributed by atoms with Crippen LogP contribution in [0.25, 0.3) is 0 Å². The van der Waals surface area contributed by atoms with Crippen LogP contribution in [0, 0.1) is 11.6 Å². The standard InChI is InChI=1S/C17H15F2N5/c18-14-8-13(9-15(19)10-14)16-17-20-21-22-24(17)7-6-23(16)11-12-4-2-1-3-5-12/h1-5,8-10,16H,6-7,11H2. The number of nitrogens with zero attached hydrogens (tertiary/aromatic N) is 5. The van der Waals surface area contributed by atoms with Crippen molar-refractivity contribution in [2.24, 2.45) is 0 Å². The van der Waals surface area contributed by atoms with Gasteiger partial charge in [-0.1, -0.05) is 30.3 Å². The van der Waals surface area contributed by atoms with Crippen LogP contribution in [0.3, 0.4) is 0 Å². The molecule has 1 aromatic heterocycles. The van der Waals surface area contributed by atoms with Gasteiger partial charge in [0.05, 0.1) is 12.6 Å². The molecule has 0 spiro atoms. The number of tetrazole rings is 1. The van der Waals surface area contributed by atoms with Gasteiger partial charge in [-0.15, -0.1) is 5.10 Å². The van der Waals surface area contributed by atoms with Crippen molar-refractivity contribution >= 4 is 0 Å². The minimum absolute atomic E-state index is 0.390. The largest absolute Gasteiger partial charge is 0.284 e. The molecule has 1 unspecified atom stereocenters. The van der Waals surface area contributed by atoms with Gasteiger partial charge in [-0.25, -0.2) is 13.5 Å². The van der Waals surface area contributed by atoms with Crippen LogP contribution in [0.15, 0.2) is 48.5 Å². The van der Waals surface area contributed by atoms with E-state index in [1.807, 2.05) is 30.3 Å². The number of hydrogen-bond acceptors (Lipinski definition) is 4. The molecule has 0 radical (unpaired) electrons. The van der Waals surface area contributed by atoms with E-state index in [1.54, 1.807) is 4.68 Å². The van der Waals surface area contributed by atoms with Gasteiger partial charge in [0, 0.05) is 19.2 Å². The fourth-order valence-corrected chi connectivity index (χ4v) is 3.16. The number of hydrogen-bond donors (Lipinski definition) is 0. The molecule has 5 nitrogen and oxygen atoms in total. The summed E-state index contributed by atoms with van der Waals surface area (Å²) in [6.07, 6.45) is 0. The zero-order chi connectivity index (χ0) is 16.5. The Labute approximate surface area is 137 Å². The summed E-state index contributed by atoms with van der Waals surface area (Å²) in [5.41, 5.74) is 1.64. The lowest BCUT2D eigenvalue weighted by Crippen LogP contribution is -2.39. The zero-order valence-corrected chi connectivity index (χ0v) is 12.8. The summed E-state index contributed by atoms with van der Waals surface area (Å²) in [6, 6.07) is 13.1. The van der Waals surface area contributed by atoms with E-state index < -0.39 is 11.6 Å². The number of halogens is 2. The van der Waals surface area contributed by atoms with Gasteiger partial charge < -0.3 is 0 Å². The van der Waals surface area contributed by atoms with Crippen LogP contribution < -0.4 is 0 Å². The molecule has 0 N–H and O–H groups in total. The first-order chi connectivity index (χ1) is 11.7. The highest BCUT2D eigenvalue weighted by atomic mass is 19.1. The Hall–Kier alpha value is -2.67. The van der Waals surface area contributed by atoms with Gasteiger partial charge in [0.15, 0.2) is 5.82 Å². The highest BCUT2D eigenvalue weighted by Gasteiger charge is 2.32. The minimum Gasteiger partial charge on any atom is -0.284 e. The highest BCUT2D eigenvalue weighted by molar-refractivity contribution is 5.28. The third kappa shape index (κ3) is 2.78. The molecule has 1 aliphatic heterocycles. The number of aromatic nitrogens is 4. The van der Waals surface area contributed by atoms with Crippen LogP contribution in [0.2, 0.25) is 0 Å². The lowest BCUT2D eigenvalue weighted by molar-refractivity contribution is 0.163. The minimum atomic E-state index is -0.603. The Morgan fingerprint density at radius 2 is 1.75 bits per heavy atom. The summed E-state index contributed by atoms with van der Waals surface area (Å²) >= 11 is 0. The van der Waals surface area contributed by atoms with Crippen LogP contribution >= 0.6 is 0 Å². The van der Waals surface area contributed by atoms with E-state index in [4.69, 9.17) is 0 Å². The normalized spacial score (nSPS) is 17.7. The second-order valence-electron chi connectivity index (χ2n) is 5.82. The van der Waals surface area contributed by atoms with Crippen molar-refractivity contribution in [1.82, 2.24) is 25.1 Å². The summed E-state index contributed by atoms with van der Waals surface area (Å²) in [7, 11) is 0. The average Bonchev–Trinajstić information content (AvgIpc) is 3.03. The SMILES string of the molecule is Fc1cc(F)cc(C2c3nnnn3CCN2Cc2ccccc2)c1. The first-order valence-corrected chi connectivity index (χ1v) is 7.71. The summed E-state index contributed by atoms with van der Waals surface area (Å²) in [5, 5.41) is 11.8. The van der Waals surface area contributed by atoms with Crippen LogP contribution in [-0.2, 0) is 13.1 Å². The Balaban J connectivity index is 1.75. The first-order valence-electron chi connectivity index (χ1n) is 7.71. The fraction of sp³-hybridized carbons (Fsp3) is 0.235. The molecule has 1 atom stereocenters. The molecule has 4 rings (SSSR count). The summed E-state index contributed by atoms with van der Waals surface area (Å²) in [5.74, 6) is -0.606. The van der Waals surface area contributed by atoms with Gasteiger partial charge in [-0.05, 0) is 33.7 Å². The van der Waals surface area contributed by atoms with E-state index in [1.165, 1.54) is 12.1 Å². The van der Waals surface area contributed by atoms with Gasteiger partial charge in [0.25, 0.3) is 0 Å². The first kappa shape index (κ1) is 14.9. The van der Waals surface area contributed by atoms with Crippen molar-refractivity contribution in [2.45, 2.75) is 19.1 Å². The van der Waals surface area contributed by atoms with E-state index in [2.05, 4.69) is 20.4 Å². The summed E-state index contributed by atoms with van der Waals surface area (Å²) in [6.45, 7) is 1.98. The van der Waals surface area contributed by atoms with Crippen molar-refractivity contribution < 1.29 is 8.78 Å². The van der Waals surface area contributed by atoms with Crippen LogP contribution in [0.4, 0.5) is 8.78 Å². The molecule has 2 aromatic carbocycles. The van der Waals surface area contributed by atoms with Gasteiger partial charge in [0.1, 0.15) is 11.6 Å². The Morgan fingerprint density at radius 1 is 1.00 bits per heavy atom. The van der Waals surface area contributed by atoms with E-state index in [-0.39, 0.29) is 6.04 Å². The van der Waals surface area contributed by atoms with E-state index in [0.29, 0.717) is 31.0 Å². The average molecular weight is 327 g/mol. The molecule has 2 heterocycles. The van der Waals surface area contributed by atoms with E-state index >= 15 is 0 Å². The number of fused-ring (bicyclic) bond motifs is 1. The Kier molecular flexibility index (Phi) is 3.78. The smallest absolute Gasteiger partial charge is 0.173 e. The third-order valence-electron chi connectivity index (χ3n) is 4.20. The van der Waals surface area contributed by atoms with Gasteiger partial charge in [-0.2, -0.15) is 0 Å². The van der Waals surface area contributed by atoms with Crippen molar-refractivity contribution in [1.29, 1.82) is 0 Å². The van der Waals surface area contributed by atoms with Crippen LogP contribution in [0.5, 0.6) is 0 Å². The predicted octanol–water partition coefficient (Wildman–Crippen LogP) is 2.56. The molecule has 0 amide bonds. The number of rotatable bonds is 3. The van der Waals surface area contributed by atoms with Crippen molar-refractivity contribution in [3.05, 3.63) is 77.1 Å². The van der Waals surface area contributed by atoms with E-state index in [0.717, 1.165) is 11.6 Å². The number of benzene rings is 2. The van der Waals surface area contributed by atoms with E-state index in [9.17, 15) is 8.78 Å². The topological polar surface area (TPSA) is 46.8 Å². The van der Waals surface area contributed by atoms with Gasteiger partial charge >= 0.3 is 0 Å². The highest BCUT2D eigenvalue weighted by Crippen LogP contribution is 2.32. The summed E-state index contributed by atoms with van der Waals surface area (Å²) in [4.78, 5) is 2.13. The van der Waals surface area contributed by atoms with Crippen LogP contribution in [0.1, 0.15) is 23.0 Å². The van der Waals surface area contributed by atoms with Crippen molar-refractivity contribution in [2.75, 3.05) is 6.54 Å². The Morgan fingerprint density at radius 3 is 2.50 bits per heavy atom. The quantitative estimate of drug-likeness (QED) is 0.742. The zero-order valence-electron chi connectivity index (χ0n) is 12.8. The lowest BCUT2D eigenvalue weighted by Gasteiger charge is -2.34. The van der Waals surface area contributed by atoms with Gasteiger partial charge in [-0.3, -0.25) is 4.90 Å². The molecule has 122 valence electrons. The maximum atomic E-state index is 13.7. The molecule has 0 saturated heterocycles. The van der Waals surface area contributed by atoms with Gasteiger partial charge in [0.2, 0.25) is 0 Å². The van der Waals surface area contributed by atoms with Crippen LogP contribution in [-0.4, -0.2) is 31.7 Å². The fourth-order valence-electron chi connectivity index (χ4n) is 3.16. The molecule has 7 heteroatoms. The molecule has 0 bridgehead atoms. The second-order valence-corrected chi connectivity index (χ2v) is 5.82. The third-order valence-corrected chi connectivity index (χ3v) is 4.20. The molecule has 0 aliphatic carbocycles. The summed E-state index contributed by atoms with van der Waals surface area (Å²) < 4.78 is 29.1. The van der Waals surface area contributed by atoms with Crippen molar-refractivity contribution in [3.63, 3.8) is 0 Å². The molecule has 24 heavy (non-hydrogen) atoms. The monoisotopic (exact) mass is 327 g/mol. The maximum Gasteiger partial charge on any atom is 0.173 e. The lowest BCUT2D eigenvalue weighted by atomic mass is 10.0. The molecule has 3 aromatic rings. The second kappa shape index (κ2) is 6.09. The predicted molar refractivity (Wildman–Crippen MR) is 82.9 cm³/mol. The molecule has 0 saturated carbocycles. The maximum absolute atomic E-state index is 13.7. The molecule has 1 aliphatic rings. The molecular weight excluding hydrogens is 312 g/mol. The Bertz CT molecular complexity index is 829. The van der Waals surface area contributed by atoms with Crippen molar-refractivity contribution in [3.8, 4) is 0 Å².